The minimum Gasteiger partial charge on any atom is -0.314 e. The zero-order valence-corrected chi connectivity index (χ0v) is 15.4. The summed E-state index contributed by atoms with van der Waals surface area (Å²) in [6, 6.07) is 24.9. The maximum absolute atomic E-state index is 3.48. The van der Waals surface area contributed by atoms with Crippen molar-refractivity contribution in [1.29, 1.82) is 0 Å². The van der Waals surface area contributed by atoms with E-state index in [0.717, 1.165) is 26.2 Å². The van der Waals surface area contributed by atoms with Crippen molar-refractivity contribution in [1.82, 2.24) is 10.2 Å². The fraction of sp³-hybridized carbons (Fsp3) is 0.273. The van der Waals surface area contributed by atoms with Gasteiger partial charge in [0.1, 0.15) is 0 Å². The van der Waals surface area contributed by atoms with Gasteiger partial charge in [-0.3, -0.25) is 4.90 Å². The van der Waals surface area contributed by atoms with E-state index in [9.17, 15) is 0 Å². The van der Waals surface area contributed by atoms with Crippen LogP contribution in [0, 0.1) is 0 Å². The molecular formula is C22H24N2S. The molecule has 0 spiro atoms. The summed E-state index contributed by atoms with van der Waals surface area (Å²) in [5, 5.41) is 6.17. The van der Waals surface area contributed by atoms with Crippen LogP contribution in [0.3, 0.4) is 0 Å². The van der Waals surface area contributed by atoms with Gasteiger partial charge in [0.2, 0.25) is 0 Å². The van der Waals surface area contributed by atoms with Crippen LogP contribution in [-0.4, -0.2) is 37.3 Å². The number of rotatable bonds is 4. The van der Waals surface area contributed by atoms with Crippen molar-refractivity contribution < 1.29 is 0 Å². The fourth-order valence-corrected chi connectivity index (χ4v) is 4.21. The van der Waals surface area contributed by atoms with E-state index in [1.807, 2.05) is 0 Å². The Morgan fingerprint density at radius 3 is 2.36 bits per heavy atom. The summed E-state index contributed by atoms with van der Waals surface area (Å²) in [5.41, 5.74) is 2.80. The molecule has 1 saturated heterocycles. The smallest absolute Gasteiger partial charge is 0.0608 e. The van der Waals surface area contributed by atoms with E-state index in [0.29, 0.717) is 6.04 Å². The van der Waals surface area contributed by atoms with Crippen molar-refractivity contribution in [3.63, 3.8) is 0 Å². The third-order valence-corrected chi connectivity index (χ3v) is 5.81. The molecule has 1 unspecified atom stereocenters. The summed E-state index contributed by atoms with van der Waals surface area (Å²) in [6.07, 6.45) is 2.13. The van der Waals surface area contributed by atoms with E-state index in [-0.39, 0.29) is 0 Å². The van der Waals surface area contributed by atoms with E-state index in [1.165, 1.54) is 26.8 Å². The first-order valence-corrected chi connectivity index (χ1v) is 10.2. The normalized spacial score (nSPS) is 16.8. The predicted molar refractivity (Wildman–Crippen MR) is 108 cm³/mol. The highest BCUT2D eigenvalue weighted by Crippen LogP contribution is 2.34. The Labute approximate surface area is 154 Å². The molecule has 0 aliphatic carbocycles. The Kier molecular flexibility index (Phi) is 5.07. The van der Waals surface area contributed by atoms with Crippen molar-refractivity contribution in [2.75, 3.05) is 32.4 Å². The van der Waals surface area contributed by atoms with Crippen molar-refractivity contribution in [2.24, 2.45) is 0 Å². The van der Waals surface area contributed by atoms with Gasteiger partial charge in [-0.05, 0) is 40.3 Å². The predicted octanol–water partition coefficient (Wildman–Crippen LogP) is 4.56. The fourth-order valence-electron chi connectivity index (χ4n) is 3.80. The van der Waals surface area contributed by atoms with Crippen LogP contribution in [-0.2, 0) is 0 Å². The van der Waals surface area contributed by atoms with Crippen LogP contribution in [0.15, 0.2) is 71.6 Å². The Morgan fingerprint density at radius 1 is 0.880 bits per heavy atom. The van der Waals surface area contributed by atoms with Gasteiger partial charge in [0.05, 0.1) is 6.04 Å². The molecule has 0 bridgehead atoms. The van der Waals surface area contributed by atoms with Crippen LogP contribution >= 0.6 is 11.8 Å². The molecule has 1 N–H and O–H groups in total. The quantitative estimate of drug-likeness (QED) is 0.696. The first-order chi connectivity index (χ1) is 12.4. The molecule has 1 atom stereocenters. The first-order valence-electron chi connectivity index (χ1n) is 8.93. The molecule has 1 fully saturated rings. The topological polar surface area (TPSA) is 15.3 Å². The summed E-state index contributed by atoms with van der Waals surface area (Å²) < 4.78 is 0. The van der Waals surface area contributed by atoms with Gasteiger partial charge in [0.15, 0.2) is 0 Å². The van der Waals surface area contributed by atoms with Gasteiger partial charge < -0.3 is 5.32 Å². The van der Waals surface area contributed by atoms with Crippen LogP contribution in [0.25, 0.3) is 10.8 Å². The zero-order valence-electron chi connectivity index (χ0n) is 14.6. The minimum atomic E-state index is 0.309. The highest BCUT2D eigenvalue weighted by Gasteiger charge is 2.25. The van der Waals surface area contributed by atoms with Crippen LogP contribution in [0.1, 0.15) is 17.2 Å². The third-order valence-electron chi connectivity index (χ3n) is 5.07. The maximum Gasteiger partial charge on any atom is 0.0608 e. The molecule has 1 aliphatic rings. The molecule has 0 radical (unpaired) electrons. The molecular weight excluding hydrogens is 324 g/mol. The van der Waals surface area contributed by atoms with E-state index in [4.69, 9.17) is 0 Å². The molecule has 3 aromatic carbocycles. The maximum atomic E-state index is 3.48. The summed E-state index contributed by atoms with van der Waals surface area (Å²) >= 11 is 1.80. The third kappa shape index (κ3) is 3.45. The van der Waals surface area contributed by atoms with Gasteiger partial charge in [-0.1, -0.05) is 54.6 Å². The van der Waals surface area contributed by atoms with Crippen molar-refractivity contribution >= 4 is 22.5 Å². The van der Waals surface area contributed by atoms with Crippen LogP contribution in [0.2, 0.25) is 0 Å². The molecule has 128 valence electrons. The molecule has 1 heterocycles. The number of nitrogens with zero attached hydrogens (tertiary/aromatic N) is 1. The van der Waals surface area contributed by atoms with Crippen molar-refractivity contribution in [2.45, 2.75) is 10.9 Å². The van der Waals surface area contributed by atoms with Gasteiger partial charge >= 0.3 is 0 Å². The highest BCUT2D eigenvalue weighted by molar-refractivity contribution is 7.98. The van der Waals surface area contributed by atoms with E-state index < -0.39 is 0 Å². The lowest BCUT2D eigenvalue weighted by Crippen LogP contribution is -2.45. The van der Waals surface area contributed by atoms with Crippen LogP contribution < -0.4 is 5.32 Å². The second-order valence-electron chi connectivity index (χ2n) is 6.53. The molecule has 1 aliphatic heterocycles. The Hall–Kier alpha value is -1.81. The van der Waals surface area contributed by atoms with E-state index in [1.54, 1.807) is 11.8 Å². The Balaban J connectivity index is 1.83. The van der Waals surface area contributed by atoms with Gasteiger partial charge in [-0.25, -0.2) is 0 Å². The van der Waals surface area contributed by atoms with Crippen LogP contribution in [0.5, 0.6) is 0 Å². The van der Waals surface area contributed by atoms with Gasteiger partial charge in [0.25, 0.3) is 0 Å². The lowest BCUT2D eigenvalue weighted by molar-refractivity contribution is 0.199. The average molecular weight is 349 g/mol. The lowest BCUT2D eigenvalue weighted by atomic mass is 9.92. The minimum absolute atomic E-state index is 0.309. The van der Waals surface area contributed by atoms with Crippen LogP contribution in [0.4, 0.5) is 0 Å². The van der Waals surface area contributed by atoms with Crippen molar-refractivity contribution in [3.8, 4) is 0 Å². The molecule has 2 nitrogen and oxygen atoms in total. The molecule has 0 amide bonds. The largest absolute Gasteiger partial charge is 0.314 e. The number of thioether (sulfide) groups is 1. The molecule has 25 heavy (non-hydrogen) atoms. The zero-order chi connectivity index (χ0) is 17.1. The molecule has 4 rings (SSSR count). The van der Waals surface area contributed by atoms with Gasteiger partial charge in [-0.2, -0.15) is 0 Å². The number of benzene rings is 3. The molecule has 3 heteroatoms. The number of hydrogen-bond acceptors (Lipinski definition) is 3. The van der Waals surface area contributed by atoms with E-state index in [2.05, 4.69) is 83.2 Å². The summed E-state index contributed by atoms with van der Waals surface area (Å²) in [4.78, 5) is 3.94. The molecule has 0 aromatic heterocycles. The summed E-state index contributed by atoms with van der Waals surface area (Å²) in [7, 11) is 0. The van der Waals surface area contributed by atoms with Gasteiger partial charge in [0, 0.05) is 31.1 Å². The number of piperazine rings is 1. The summed E-state index contributed by atoms with van der Waals surface area (Å²) in [5.74, 6) is 0. The molecule has 3 aromatic rings. The summed E-state index contributed by atoms with van der Waals surface area (Å²) in [6.45, 7) is 4.28. The monoisotopic (exact) mass is 348 g/mol. The highest BCUT2D eigenvalue weighted by atomic mass is 32.2. The molecule has 0 saturated carbocycles. The number of hydrogen-bond donors (Lipinski definition) is 1. The lowest BCUT2D eigenvalue weighted by Gasteiger charge is -2.36. The second kappa shape index (κ2) is 7.61. The van der Waals surface area contributed by atoms with Gasteiger partial charge in [-0.15, -0.1) is 11.8 Å². The standard InChI is InChI=1S/C22H24N2S/c1-25-19-11-9-18(10-12-19)22(24-15-13-23-14-16-24)21-8-4-6-17-5-2-3-7-20(17)21/h2-12,22-23H,13-16H2,1H3. The first kappa shape index (κ1) is 16.6. The van der Waals surface area contributed by atoms with Crippen molar-refractivity contribution in [3.05, 3.63) is 77.9 Å². The Bertz CT molecular complexity index is 833. The number of nitrogens with one attached hydrogen (secondary N) is 1. The number of fused-ring (bicyclic) bond motifs is 1. The SMILES string of the molecule is CSc1ccc(C(c2cccc3ccccc23)N2CCNCC2)cc1. The van der Waals surface area contributed by atoms with E-state index >= 15 is 0 Å². The average Bonchev–Trinajstić information content (AvgIpc) is 2.70. The Morgan fingerprint density at radius 2 is 1.60 bits per heavy atom. The second-order valence-corrected chi connectivity index (χ2v) is 7.41.